The average Bonchev–Trinajstić information content (AvgIpc) is 3.61. The first-order valence-corrected chi connectivity index (χ1v) is 13.4. The van der Waals surface area contributed by atoms with Crippen molar-refractivity contribution in [1.29, 1.82) is 0 Å². The van der Waals surface area contributed by atoms with Gasteiger partial charge in [0, 0.05) is 6.04 Å². The molecule has 1 saturated heterocycles. The van der Waals surface area contributed by atoms with Crippen molar-refractivity contribution in [2.75, 3.05) is 7.11 Å². The molecule has 1 aliphatic carbocycles. The first-order valence-electron chi connectivity index (χ1n) is 13.4. The van der Waals surface area contributed by atoms with Gasteiger partial charge in [-0.15, -0.1) is 0 Å². The Morgan fingerprint density at radius 1 is 1.18 bits per heavy atom. The van der Waals surface area contributed by atoms with Crippen LogP contribution in [0.15, 0.2) is 30.5 Å². The number of benzene rings is 1. The van der Waals surface area contributed by atoms with Crippen LogP contribution in [0.3, 0.4) is 0 Å². The van der Waals surface area contributed by atoms with Crippen LogP contribution in [0.4, 0.5) is 4.79 Å². The molecule has 4 rings (SSSR count). The van der Waals surface area contributed by atoms with Gasteiger partial charge in [0.15, 0.2) is 0 Å². The Hall–Kier alpha value is -2.85. The minimum atomic E-state index is -0.991. The van der Waals surface area contributed by atoms with Crippen molar-refractivity contribution in [1.82, 2.24) is 20.2 Å². The van der Waals surface area contributed by atoms with E-state index in [1.165, 1.54) is 7.11 Å². The fraction of sp³-hybridized carbons (Fsp3) is 0.607. The average molecular weight is 523 g/mol. The molecule has 1 saturated carbocycles. The zero-order chi connectivity index (χ0) is 27.8. The minimum absolute atomic E-state index is 0.0816. The molecule has 38 heavy (non-hydrogen) atoms. The lowest BCUT2D eigenvalue weighted by atomic mass is 9.82. The Bertz CT molecular complexity index is 1140. The number of fused-ring (bicyclic) bond motifs is 2. The van der Waals surface area contributed by atoms with Crippen molar-refractivity contribution in [3.8, 4) is 11.3 Å². The summed E-state index contributed by atoms with van der Waals surface area (Å²) in [7, 11) is 2.96. The molecule has 2 fully saturated rings. The fourth-order valence-electron chi connectivity index (χ4n) is 5.25. The summed E-state index contributed by atoms with van der Waals surface area (Å²) < 4.78 is 10.6. The Balaban J connectivity index is 1.50. The van der Waals surface area contributed by atoms with Crippen LogP contribution >= 0.6 is 0 Å². The number of likely N-dealkylation sites (tertiary alicyclic amines) is 1. The van der Waals surface area contributed by atoms with Crippen molar-refractivity contribution in [3.05, 3.63) is 36.3 Å². The van der Waals surface area contributed by atoms with Gasteiger partial charge in [-0.2, -0.15) is 0 Å². The van der Waals surface area contributed by atoms with Gasteiger partial charge in [-0.1, -0.05) is 43.6 Å². The van der Waals surface area contributed by atoms with E-state index in [1.54, 1.807) is 21.3 Å². The van der Waals surface area contributed by atoms with Gasteiger partial charge < -0.3 is 29.7 Å². The molecule has 4 atom stereocenters. The third-order valence-electron chi connectivity index (χ3n) is 8.29. The van der Waals surface area contributed by atoms with Crippen LogP contribution in [0, 0.1) is 11.8 Å². The lowest BCUT2D eigenvalue weighted by Crippen LogP contribution is -2.54. The highest BCUT2D eigenvalue weighted by molar-refractivity contribution is 6.47. The van der Waals surface area contributed by atoms with Gasteiger partial charge in [0.1, 0.15) is 11.9 Å². The lowest BCUT2D eigenvalue weighted by Gasteiger charge is -2.37. The number of nitrogens with zero attached hydrogens (tertiary/aromatic N) is 2. The molecule has 2 aliphatic rings. The van der Waals surface area contributed by atoms with E-state index < -0.39 is 23.3 Å². The minimum Gasteiger partial charge on any atom is -0.453 e. The van der Waals surface area contributed by atoms with Gasteiger partial charge in [-0.05, 0) is 64.4 Å². The molecule has 1 radical (unpaired) electrons. The number of nitrogens with one attached hydrogen (secondary N) is 2. The van der Waals surface area contributed by atoms with Crippen LogP contribution in [0.2, 0.25) is 0 Å². The van der Waals surface area contributed by atoms with Crippen molar-refractivity contribution >= 4 is 24.9 Å². The van der Waals surface area contributed by atoms with Gasteiger partial charge in [0.2, 0.25) is 5.91 Å². The fourth-order valence-corrected chi connectivity index (χ4v) is 5.25. The van der Waals surface area contributed by atoms with E-state index >= 15 is 0 Å². The van der Waals surface area contributed by atoms with Crippen molar-refractivity contribution < 1.29 is 24.1 Å². The number of imidazole rings is 1. The Labute approximate surface area is 226 Å². The second-order valence-electron chi connectivity index (χ2n) is 11.9. The number of rotatable bonds is 9. The Kier molecular flexibility index (Phi) is 7.95. The zero-order valence-corrected chi connectivity index (χ0v) is 23.4. The summed E-state index contributed by atoms with van der Waals surface area (Å²) in [6.45, 7) is 11.0. The summed E-state index contributed by atoms with van der Waals surface area (Å²) in [5, 5.41) is 13.0. The predicted octanol–water partition coefficient (Wildman–Crippen LogP) is 3.32. The van der Waals surface area contributed by atoms with E-state index in [-0.39, 0.29) is 23.9 Å². The monoisotopic (exact) mass is 523 g/mol. The molecule has 10 heteroatoms. The lowest BCUT2D eigenvalue weighted by molar-refractivity contribution is -0.139. The normalized spacial score (nSPS) is 22.0. The second kappa shape index (κ2) is 10.7. The number of carbonyl (C=O) groups is 2. The summed E-state index contributed by atoms with van der Waals surface area (Å²) in [6.07, 6.45) is 4.17. The summed E-state index contributed by atoms with van der Waals surface area (Å²) >= 11 is 0. The SMILES string of the molecule is COC(=O)N[C@H](C(=O)N1[C@H]2CC[C@H](C2)[C@H]1c1ncc(-c2ccc([B]OC(C)(C)C(C)(C)O)cc2)[nH]1)C(C)C. The molecular formula is C28H40BN4O5. The molecular weight excluding hydrogens is 483 g/mol. The third kappa shape index (κ3) is 5.61. The van der Waals surface area contributed by atoms with Crippen molar-refractivity contribution in [2.45, 2.75) is 90.1 Å². The maximum Gasteiger partial charge on any atom is 0.407 e. The predicted molar refractivity (Wildman–Crippen MR) is 146 cm³/mol. The smallest absolute Gasteiger partial charge is 0.407 e. The quantitative estimate of drug-likeness (QED) is 0.435. The summed E-state index contributed by atoms with van der Waals surface area (Å²) in [5.41, 5.74) is 0.988. The first-order chi connectivity index (χ1) is 17.8. The molecule has 0 spiro atoms. The number of aliphatic hydroxyl groups is 1. The van der Waals surface area contributed by atoms with E-state index in [9.17, 15) is 14.7 Å². The number of hydrogen-bond donors (Lipinski definition) is 3. The van der Waals surface area contributed by atoms with E-state index in [4.69, 9.17) is 14.4 Å². The topological polar surface area (TPSA) is 117 Å². The standard InChI is InChI=1S/C28H40BN4O5/c1-16(2)22(32-26(35)37-7)25(34)33-20-13-10-18(14-20)23(33)24-30-15-21(31-24)17-8-11-19(12-9-17)29-38-28(5,6)27(3,4)36/h8-9,11-12,15-16,18,20,22-23,36H,10,13-14H2,1-7H3,(H,30,31)(H,32,35)/t18-,20+,22+,23+/m1/s1. The number of alkyl carbamates (subject to hydrolysis) is 1. The van der Waals surface area contributed by atoms with Crippen LogP contribution < -0.4 is 10.8 Å². The molecule has 2 bridgehead atoms. The maximum atomic E-state index is 13.7. The van der Waals surface area contributed by atoms with Crippen LogP contribution in [0.1, 0.15) is 72.7 Å². The Morgan fingerprint density at radius 3 is 2.47 bits per heavy atom. The van der Waals surface area contributed by atoms with E-state index in [0.29, 0.717) is 5.92 Å². The van der Waals surface area contributed by atoms with Gasteiger partial charge in [-0.3, -0.25) is 4.79 Å². The number of ether oxygens (including phenoxy) is 1. The first kappa shape index (κ1) is 28.2. The van der Waals surface area contributed by atoms with E-state index in [0.717, 1.165) is 41.8 Å². The summed E-state index contributed by atoms with van der Waals surface area (Å²) in [5.74, 6) is 0.936. The highest BCUT2D eigenvalue weighted by atomic mass is 16.5. The van der Waals surface area contributed by atoms with Crippen molar-refractivity contribution in [3.63, 3.8) is 0 Å². The molecule has 0 unspecified atom stereocenters. The number of piperidine rings is 1. The maximum absolute atomic E-state index is 13.7. The van der Waals surface area contributed by atoms with Gasteiger partial charge in [0.25, 0.3) is 0 Å². The number of H-pyrrole nitrogens is 1. The summed E-state index contributed by atoms with van der Waals surface area (Å²) in [6, 6.07) is 7.22. The zero-order valence-electron chi connectivity index (χ0n) is 23.4. The number of carbonyl (C=O) groups excluding carboxylic acids is 2. The molecule has 2 heterocycles. The number of hydrogen-bond acceptors (Lipinski definition) is 6. The van der Waals surface area contributed by atoms with E-state index in [1.807, 2.05) is 63.1 Å². The summed E-state index contributed by atoms with van der Waals surface area (Å²) in [4.78, 5) is 35.7. The van der Waals surface area contributed by atoms with Crippen LogP contribution in [0.25, 0.3) is 11.3 Å². The molecule has 2 aromatic rings. The second-order valence-corrected chi connectivity index (χ2v) is 11.9. The van der Waals surface area contributed by atoms with Gasteiger partial charge in [0.05, 0.1) is 36.2 Å². The molecule has 1 aromatic heterocycles. The molecule has 205 valence electrons. The van der Waals surface area contributed by atoms with E-state index in [2.05, 4.69) is 10.3 Å². The molecule has 1 aromatic carbocycles. The number of aromatic amines is 1. The molecule has 1 aliphatic heterocycles. The number of methoxy groups -OCH3 is 1. The van der Waals surface area contributed by atoms with Crippen LogP contribution in [-0.2, 0) is 14.2 Å². The van der Waals surface area contributed by atoms with Crippen LogP contribution in [0.5, 0.6) is 0 Å². The molecule has 9 nitrogen and oxygen atoms in total. The van der Waals surface area contributed by atoms with Gasteiger partial charge >= 0.3 is 13.6 Å². The molecule has 3 N–H and O–H groups in total. The Morgan fingerprint density at radius 2 is 1.87 bits per heavy atom. The highest BCUT2D eigenvalue weighted by Crippen LogP contribution is 2.50. The third-order valence-corrected chi connectivity index (χ3v) is 8.29. The highest BCUT2D eigenvalue weighted by Gasteiger charge is 2.51. The number of aromatic nitrogens is 2. The van der Waals surface area contributed by atoms with Gasteiger partial charge in [-0.25, -0.2) is 9.78 Å². The largest absolute Gasteiger partial charge is 0.453 e. The van der Waals surface area contributed by atoms with Crippen LogP contribution in [-0.4, -0.2) is 69.9 Å². The van der Waals surface area contributed by atoms with Crippen molar-refractivity contribution in [2.24, 2.45) is 11.8 Å². The molecule has 2 amide bonds. The number of amides is 2.